The lowest BCUT2D eigenvalue weighted by Gasteiger charge is -2.28. The molecular weight excluding hydrogens is 377 g/mol. The van der Waals surface area contributed by atoms with Crippen LogP contribution in [0, 0.1) is 11.3 Å². The minimum atomic E-state index is -4.76. The van der Waals surface area contributed by atoms with E-state index in [-0.39, 0.29) is 5.69 Å². The Hall–Kier alpha value is -2.70. The number of alkyl halides is 3. The van der Waals surface area contributed by atoms with Crippen LogP contribution in [0.25, 0.3) is 5.69 Å². The Labute approximate surface area is 158 Å². The van der Waals surface area contributed by atoms with Gasteiger partial charge in [-0.25, -0.2) is 0 Å². The average molecular weight is 394 g/mol. The van der Waals surface area contributed by atoms with Crippen molar-refractivity contribution in [2.24, 2.45) is 0 Å². The summed E-state index contributed by atoms with van der Waals surface area (Å²) >= 11 is 0. The summed E-state index contributed by atoms with van der Waals surface area (Å²) in [5.41, 5.74) is -3.18. The summed E-state index contributed by atoms with van der Waals surface area (Å²) in [7, 11) is 1.51. The van der Waals surface area contributed by atoms with E-state index in [4.69, 9.17) is 14.7 Å². The highest BCUT2D eigenvalue weighted by Crippen LogP contribution is 2.64. The molecule has 2 aliphatic rings. The van der Waals surface area contributed by atoms with Crippen LogP contribution in [0.1, 0.15) is 42.5 Å². The number of hydrogen-bond acceptors (Lipinski definition) is 5. The van der Waals surface area contributed by atoms with Gasteiger partial charge >= 0.3 is 6.18 Å². The summed E-state index contributed by atoms with van der Waals surface area (Å²) in [5.74, 6) is -0.815. The Kier molecular flexibility index (Phi) is 3.62. The molecular formula is C19H17F3N2O4. The monoisotopic (exact) mass is 394 g/mol. The van der Waals surface area contributed by atoms with E-state index in [1.165, 1.54) is 19.2 Å². The van der Waals surface area contributed by atoms with Gasteiger partial charge in [0.2, 0.25) is 11.8 Å². The summed E-state index contributed by atoms with van der Waals surface area (Å²) in [6.45, 7) is 3.45. The van der Waals surface area contributed by atoms with Crippen LogP contribution in [0.4, 0.5) is 13.2 Å². The Balaban J connectivity index is 1.96. The van der Waals surface area contributed by atoms with Crippen LogP contribution in [-0.2, 0) is 26.9 Å². The third-order valence-electron chi connectivity index (χ3n) is 5.74. The SMILES string of the molecule is CO[C@@H]1C[C@]2(C)O[C@@]1(C)c1c2c(O)n(-c2ccc(C#N)c(C(F)(F)F)c2)c1O. The summed E-state index contributed by atoms with van der Waals surface area (Å²) in [5, 5.41) is 30.6. The fraction of sp³-hybridized carbons (Fsp3) is 0.421. The number of nitrogens with zero attached hydrogens (tertiary/aromatic N) is 2. The first-order valence-corrected chi connectivity index (χ1v) is 8.50. The Morgan fingerprint density at radius 2 is 1.89 bits per heavy atom. The molecule has 0 spiro atoms. The molecule has 0 amide bonds. The third kappa shape index (κ3) is 2.16. The van der Waals surface area contributed by atoms with Crippen molar-refractivity contribution >= 4 is 0 Å². The smallest absolute Gasteiger partial charge is 0.417 e. The molecule has 2 N–H and O–H groups in total. The van der Waals surface area contributed by atoms with Gasteiger partial charge in [-0.1, -0.05) is 0 Å². The number of aromatic hydroxyl groups is 2. The van der Waals surface area contributed by atoms with Gasteiger partial charge in [0.25, 0.3) is 0 Å². The number of ether oxygens (including phenoxy) is 2. The van der Waals surface area contributed by atoms with Crippen molar-refractivity contribution in [2.45, 2.75) is 43.8 Å². The van der Waals surface area contributed by atoms with E-state index in [1.807, 2.05) is 0 Å². The van der Waals surface area contributed by atoms with Crippen LogP contribution in [0.5, 0.6) is 11.8 Å². The third-order valence-corrected chi connectivity index (χ3v) is 5.74. The standard InChI is InChI=1S/C19H17F3N2O4/c1-17-7-12(27-3)18(2,28-17)14-13(17)15(25)24(16(14)26)10-5-4-9(8-23)11(6-10)19(20,21)22/h4-6,12,25-26H,7H2,1-3H3/t12-,17+,18-/m1/s1. The second kappa shape index (κ2) is 5.43. The predicted molar refractivity (Wildman–Crippen MR) is 90.0 cm³/mol. The minimum absolute atomic E-state index is 0.115. The fourth-order valence-electron chi connectivity index (χ4n) is 4.56. The van der Waals surface area contributed by atoms with Crippen LogP contribution >= 0.6 is 0 Å². The van der Waals surface area contributed by atoms with Gasteiger partial charge in [-0.2, -0.15) is 18.4 Å². The first kappa shape index (κ1) is 18.7. The number of benzene rings is 1. The minimum Gasteiger partial charge on any atom is -0.494 e. The molecule has 9 heteroatoms. The first-order chi connectivity index (χ1) is 13.0. The van der Waals surface area contributed by atoms with Crippen LogP contribution < -0.4 is 0 Å². The van der Waals surface area contributed by atoms with Crippen LogP contribution in [0.15, 0.2) is 18.2 Å². The highest BCUT2D eigenvalue weighted by molar-refractivity contribution is 5.62. The molecule has 1 fully saturated rings. The van der Waals surface area contributed by atoms with Crippen LogP contribution in [0.3, 0.4) is 0 Å². The normalized spacial score (nSPS) is 28.4. The Bertz CT molecular complexity index is 1040. The van der Waals surface area contributed by atoms with Gasteiger partial charge in [0, 0.05) is 13.5 Å². The van der Waals surface area contributed by atoms with Crippen LogP contribution in [0.2, 0.25) is 0 Å². The molecule has 2 bridgehead atoms. The van der Waals surface area contributed by atoms with E-state index < -0.39 is 46.4 Å². The van der Waals surface area contributed by atoms with Crippen molar-refractivity contribution in [3.8, 4) is 23.5 Å². The maximum absolute atomic E-state index is 13.3. The van der Waals surface area contributed by atoms with Gasteiger partial charge in [0.15, 0.2) is 0 Å². The lowest BCUT2D eigenvalue weighted by Crippen LogP contribution is -2.34. The zero-order chi connectivity index (χ0) is 20.6. The van der Waals surface area contributed by atoms with Gasteiger partial charge < -0.3 is 19.7 Å². The van der Waals surface area contributed by atoms with E-state index in [2.05, 4.69) is 0 Å². The summed E-state index contributed by atoms with van der Waals surface area (Å²) in [6, 6.07) is 4.49. The van der Waals surface area contributed by atoms with Crippen LogP contribution in [-0.4, -0.2) is 28.0 Å². The summed E-state index contributed by atoms with van der Waals surface area (Å²) < 4.78 is 52.4. The molecule has 0 unspecified atom stereocenters. The fourth-order valence-corrected chi connectivity index (χ4v) is 4.56. The summed E-state index contributed by atoms with van der Waals surface area (Å²) in [6.07, 6.45) is -4.73. The number of aromatic nitrogens is 1. The van der Waals surface area contributed by atoms with E-state index in [1.54, 1.807) is 13.8 Å². The van der Waals surface area contributed by atoms with Crippen molar-refractivity contribution in [3.05, 3.63) is 40.5 Å². The first-order valence-electron chi connectivity index (χ1n) is 8.50. The Morgan fingerprint density at radius 3 is 2.46 bits per heavy atom. The van der Waals surface area contributed by atoms with Crippen molar-refractivity contribution in [2.75, 3.05) is 7.11 Å². The molecule has 3 atom stereocenters. The van der Waals surface area contributed by atoms with E-state index in [9.17, 15) is 23.4 Å². The number of methoxy groups -OCH3 is 1. The Morgan fingerprint density at radius 1 is 1.25 bits per heavy atom. The van der Waals surface area contributed by atoms with Crippen molar-refractivity contribution < 1.29 is 32.9 Å². The number of rotatable bonds is 2. The molecule has 4 rings (SSSR count). The largest absolute Gasteiger partial charge is 0.494 e. The van der Waals surface area contributed by atoms with Gasteiger partial charge in [-0.3, -0.25) is 4.57 Å². The topological polar surface area (TPSA) is 87.6 Å². The van der Waals surface area contributed by atoms with Crippen molar-refractivity contribution in [1.82, 2.24) is 4.57 Å². The lowest BCUT2D eigenvalue weighted by molar-refractivity contribution is -0.137. The molecule has 3 heterocycles. The molecule has 148 valence electrons. The molecule has 2 aromatic rings. The molecule has 0 radical (unpaired) electrons. The number of fused-ring (bicyclic) bond motifs is 5. The maximum atomic E-state index is 13.3. The predicted octanol–water partition coefficient (Wildman–Crippen LogP) is 3.66. The number of hydrogen-bond donors (Lipinski definition) is 2. The summed E-state index contributed by atoms with van der Waals surface area (Å²) in [4.78, 5) is 0. The van der Waals surface area contributed by atoms with E-state index in [0.29, 0.717) is 17.5 Å². The van der Waals surface area contributed by atoms with Gasteiger partial charge in [-0.05, 0) is 32.0 Å². The lowest BCUT2D eigenvalue weighted by atomic mass is 9.78. The highest BCUT2D eigenvalue weighted by atomic mass is 19.4. The number of nitriles is 1. The molecule has 28 heavy (non-hydrogen) atoms. The second-order valence-corrected chi connectivity index (χ2v) is 7.44. The highest BCUT2D eigenvalue weighted by Gasteiger charge is 2.64. The van der Waals surface area contributed by atoms with E-state index in [0.717, 1.165) is 16.7 Å². The quantitative estimate of drug-likeness (QED) is 0.812. The zero-order valence-corrected chi connectivity index (χ0v) is 15.3. The zero-order valence-electron chi connectivity index (χ0n) is 15.3. The van der Waals surface area contributed by atoms with Gasteiger partial charge in [0.1, 0.15) is 5.60 Å². The molecule has 0 saturated carbocycles. The maximum Gasteiger partial charge on any atom is 0.417 e. The molecule has 2 aliphatic heterocycles. The molecule has 6 nitrogen and oxygen atoms in total. The molecule has 1 saturated heterocycles. The van der Waals surface area contributed by atoms with E-state index >= 15 is 0 Å². The average Bonchev–Trinajstić information content (AvgIpc) is 3.14. The molecule has 1 aromatic carbocycles. The molecule has 0 aliphatic carbocycles. The number of halogens is 3. The van der Waals surface area contributed by atoms with Gasteiger partial charge in [0.05, 0.1) is 45.7 Å². The van der Waals surface area contributed by atoms with Crippen molar-refractivity contribution in [1.29, 1.82) is 5.26 Å². The van der Waals surface area contributed by atoms with Gasteiger partial charge in [-0.15, -0.1) is 0 Å². The second-order valence-electron chi connectivity index (χ2n) is 7.44. The molecule has 1 aromatic heterocycles. The van der Waals surface area contributed by atoms with Crippen molar-refractivity contribution in [3.63, 3.8) is 0 Å².